The number of hydrogen-bond acceptors (Lipinski definition) is 3. The second-order valence-corrected chi connectivity index (χ2v) is 3.37. The van der Waals surface area contributed by atoms with E-state index in [4.69, 9.17) is 5.26 Å². The zero-order chi connectivity index (χ0) is 10.6. The Kier molecular flexibility index (Phi) is 9.30. The normalized spacial score (nSPS) is 9.43. The molecule has 0 aromatic carbocycles. The highest BCUT2D eigenvalue weighted by Crippen LogP contribution is 2.06. The molecule has 0 rings (SSSR count). The van der Waals surface area contributed by atoms with Gasteiger partial charge in [0.05, 0.1) is 6.61 Å². The summed E-state index contributed by atoms with van der Waals surface area (Å²) >= 11 is 0. The predicted octanol–water partition coefficient (Wildman–Crippen LogP) is 2.80. The van der Waals surface area contributed by atoms with Crippen LogP contribution in [0.2, 0.25) is 0 Å². The quantitative estimate of drug-likeness (QED) is 0.341. The Bertz CT molecular complexity index is 184. The summed E-state index contributed by atoms with van der Waals surface area (Å²) in [7, 11) is 0. The van der Waals surface area contributed by atoms with E-state index in [0.717, 1.165) is 12.8 Å². The number of hydrogen-bond donors (Lipinski definition) is 0. The summed E-state index contributed by atoms with van der Waals surface area (Å²) in [6, 6.07) is 1.42. The number of rotatable bonds is 8. The Labute approximate surface area is 86.1 Å². The number of unbranched alkanes of at least 4 members (excludes halogenated alkanes) is 6. The van der Waals surface area contributed by atoms with Crippen LogP contribution in [0.3, 0.4) is 0 Å². The van der Waals surface area contributed by atoms with Gasteiger partial charge in [-0.3, -0.25) is 0 Å². The Morgan fingerprint density at radius 1 is 1.14 bits per heavy atom. The molecule has 14 heavy (non-hydrogen) atoms. The van der Waals surface area contributed by atoms with Crippen LogP contribution in [0.25, 0.3) is 0 Å². The van der Waals surface area contributed by atoms with E-state index in [0.29, 0.717) is 6.61 Å². The van der Waals surface area contributed by atoms with Crippen molar-refractivity contribution in [2.45, 2.75) is 51.9 Å². The Balaban J connectivity index is 3.00. The van der Waals surface area contributed by atoms with Crippen molar-refractivity contribution in [3.05, 3.63) is 0 Å². The van der Waals surface area contributed by atoms with Gasteiger partial charge in [-0.1, -0.05) is 45.4 Å². The van der Waals surface area contributed by atoms with Crippen molar-refractivity contribution in [3.8, 4) is 6.07 Å². The number of carbonyl (C=O) groups is 1. The summed E-state index contributed by atoms with van der Waals surface area (Å²) in [5, 5.41) is 8.11. The topological polar surface area (TPSA) is 50.1 Å². The molecule has 0 spiro atoms. The van der Waals surface area contributed by atoms with E-state index < -0.39 is 5.97 Å². The maximum Gasteiger partial charge on any atom is 0.411 e. The lowest BCUT2D eigenvalue weighted by molar-refractivity contribution is -0.137. The van der Waals surface area contributed by atoms with Gasteiger partial charge in [-0.25, -0.2) is 4.79 Å². The van der Waals surface area contributed by atoms with Crippen molar-refractivity contribution in [3.63, 3.8) is 0 Å². The molecule has 3 nitrogen and oxygen atoms in total. The molecule has 0 aliphatic heterocycles. The van der Waals surface area contributed by atoms with Crippen LogP contribution in [0.5, 0.6) is 0 Å². The summed E-state index contributed by atoms with van der Waals surface area (Å²) < 4.78 is 4.62. The van der Waals surface area contributed by atoms with Gasteiger partial charge in [0.2, 0.25) is 0 Å². The zero-order valence-electron chi connectivity index (χ0n) is 8.92. The minimum atomic E-state index is -0.768. The van der Waals surface area contributed by atoms with Gasteiger partial charge in [-0.05, 0) is 6.42 Å². The molecule has 80 valence electrons. The van der Waals surface area contributed by atoms with E-state index in [2.05, 4.69) is 11.7 Å². The zero-order valence-corrected chi connectivity index (χ0v) is 8.92. The van der Waals surface area contributed by atoms with Gasteiger partial charge in [-0.15, -0.1) is 0 Å². The molecular formula is C11H19NO2. The number of ether oxygens (including phenoxy) is 1. The maximum absolute atomic E-state index is 10.4. The van der Waals surface area contributed by atoms with E-state index in [1.165, 1.54) is 38.2 Å². The Hall–Kier alpha value is -1.04. The van der Waals surface area contributed by atoms with Crippen molar-refractivity contribution in [2.75, 3.05) is 6.61 Å². The van der Waals surface area contributed by atoms with E-state index in [1.807, 2.05) is 0 Å². The summed E-state index contributed by atoms with van der Waals surface area (Å²) in [4.78, 5) is 10.4. The Morgan fingerprint density at radius 3 is 2.29 bits per heavy atom. The van der Waals surface area contributed by atoms with Crippen LogP contribution in [0.15, 0.2) is 0 Å². The van der Waals surface area contributed by atoms with Crippen LogP contribution in [-0.4, -0.2) is 12.6 Å². The van der Waals surface area contributed by atoms with E-state index in [-0.39, 0.29) is 0 Å². The summed E-state index contributed by atoms with van der Waals surface area (Å²) in [5.74, 6) is -0.768. The van der Waals surface area contributed by atoms with Crippen LogP contribution in [0, 0.1) is 11.3 Å². The molecule has 0 aromatic heterocycles. The fourth-order valence-corrected chi connectivity index (χ4v) is 1.26. The van der Waals surface area contributed by atoms with E-state index in [9.17, 15) is 4.79 Å². The van der Waals surface area contributed by atoms with Gasteiger partial charge in [0.25, 0.3) is 0 Å². The van der Waals surface area contributed by atoms with Crippen molar-refractivity contribution in [1.29, 1.82) is 5.26 Å². The molecule has 0 aliphatic carbocycles. The summed E-state index contributed by atoms with van der Waals surface area (Å²) in [6.45, 7) is 2.58. The third kappa shape index (κ3) is 9.05. The van der Waals surface area contributed by atoms with Crippen molar-refractivity contribution >= 4 is 5.97 Å². The first kappa shape index (κ1) is 13.0. The number of nitriles is 1. The molecule has 0 saturated carbocycles. The molecule has 0 atom stereocenters. The smallest absolute Gasteiger partial charge is 0.411 e. The minimum absolute atomic E-state index is 0.389. The van der Waals surface area contributed by atoms with Gasteiger partial charge in [-0.2, -0.15) is 5.26 Å². The van der Waals surface area contributed by atoms with Gasteiger partial charge in [0, 0.05) is 0 Å². The second kappa shape index (κ2) is 10.0. The monoisotopic (exact) mass is 197 g/mol. The first-order chi connectivity index (χ1) is 6.81. The SMILES string of the molecule is CCCCCCCCCOC(=O)C#N. The number of nitrogens with zero attached hydrogens (tertiary/aromatic N) is 1. The van der Waals surface area contributed by atoms with Gasteiger partial charge in [0.1, 0.15) is 0 Å². The van der Waals surface area contributed by atoms with Gasteiger partial charge in [0.15, 0.2) is 6.07 Å². The van der Waals surface area contributed by atoms with E-state index in [1.54, 1.807) is 0 Å². The third-order valence-electron chi connectivity index (χ3n) is 2.07. The molecule has 0 bridgehead atoms. The average Bonchev–Trinajstić information content (AvgIpc) is 2.21. The molecular weight excluding hydrogens is 178 g/mol. The number of carbonyl (C=O) groups excluding carboxylic acids is 1. The van der Waals surface area contributed by atoms with Crippen LogP contribution in [0.1, 0.15) is 51.9 Å². The largest absolute Gasteiger partial charge is 0.455 e. The minimum Gasteiger partial charge on any atom is -0.455 e. The lowest BCUT2D eigenvalue weighted by Gasteiger charge is -2.00. The van der Waals surface area contributed by atoms with Gasteiger partial charge >= 0.3 is 5.97 Å². The first-order valence-corrected chi connectivity index (χ1v) is 5.38. The molecule has 0 N–H and O–H groups in total. The lowest BCUT2D eigenvalue weighted by Crippen LogP contribution is -2.02. The summed E-state index contributed by atoms with van der Waals surface area (Å²) in [5.41, 5.74) is 0. The van der Waals surface area contributed by atoms with Crippen LogP contribution in [0.4, 0.5) is 0 Å². The maximum atomic E-state index is 10.4. The van der Waals surface area contributed by atoms with Crippen LogP contribution >= 0.6 is 0 Å². The fraction of sp³-hybridized carbons (Fsp3) is 0.818. The van der Waals surface area contributed by atoms with E-state index >= 15 is 0 Å². The molecule has 0 amide bonds. The van der Waals surface area contributed by atoms with Gasteiger partial charge < -0.3 is 4.74 Å². The molecule has 0 aromatic rings. The molecule has 0 radical (unpaired) electrons. The van der Waals surface area contributed by atoms with Crippen molar-refractivity contribution < 1.29 is 9.53 Å². The molecule has 3 heteroatoms. The highest BCUT2D eigenvalue weighted by atomic mass is 16.5. The van der Waals surface area contributed by atoms with Crippen LogP contribution in [-0.2, 0) is 9.53 Å². The van der Waals surface area contributed by atoms with Crippen LogP contribution < -0.4 is 0 Å². The molecule has 0 saturated heterocycles. The standard InChI is InChI=1S/C11H19NO2/c1-2-3-4-5-6-7-8-9-14-11(13)10-12/h2-9H2,1H3. The van der Waals surface area contributed by atoms with Crippen molar-refractivity contribution in [1.82, 2.24) is 0 Å². The lowest BCUT2D eigenvalue weighted by atomic mass is 10.1. The van der Waals surface area contributed by atoms with Crippen molar-refractivity contribution in [2.24, 2.45) is 0 Å². The molecule has 0 fully saturated rings. The first-order valence-electron chi connectivity index (χ1n) is 5.38. The molecule has 0 heterocycles. The highest BCUT2D eigenvalue weighted by Gasteiger charge is 1.97. The Morgan fingerprint density at radius 2 is 1.71 bits per heavy atom. The molecule has 0 unspecified atom stereocenters. The average molecular weight is 197 g/mol. The second-order valence-electron chi connectivity index (χ2n) is 3.37. The fourth-order valence-electron chi connectivity index (χ4n) is 1.26. The predicted molar refractivity (Wildman–Crippen MR) is 54.6 cm³/mol. The summed E-state index contributed by atoms with van der Waals surface area (Å²) in [6.07, 6.45) is 8.30. The highest BCUT2D eigenvalue weighted by molar-refractivity contribution is 5.85. The molecule has 0 aliphatic rings. The number of esters is 1. The third-order valence-corrected chi connectivity index (χ3v) is 2.07.